The van der Waals surface area contributed by atoms with Crippen molar-refractivity contribution in [3.05, 3.63) is 46.5 Å². The molecule has 1 N–H and O–H groups in total. The highest BCUT2D eigenvalue weighted by Gasteiger charge is 2.44. The van der Waals surface area contributed by atoms with E-state index in [1.165, 1.54) is 0 Å². The van der Waals surface area contributed by atoms with E-state index >= 15 is 0 Å². The van der Waals surface area contributed by atoms with E-state index in [-0.39, 0.29) is 5.91 Å². The van der Waals surface area contributed by atoms with Gasteiger partial charge in [0.05, 0.1) is 11.1 Å². The van der Waals surface area contributed by atoms with Crippen molar-refractivity contribution in [3.8, 4) is 0 Å². The zero-order chi connectivity index (χ0) is 17.2. The van der Waals surface area contributed by atoms with Crippen LogP contribution >= 0.6 is 11.5 Å². The molecule has 1 aliphatic heterocycles. The second-order valence-corrected chi connectivity index (χ2v) is 6.70. The number of carboxylic acids is 1. The van der Waals surface area contributed by atoms with Crippen LogP contribution in [0.5, 0.6) is 0 Å². The monoisotopic (exact) mass is 345 g/mol. The van der Waals surface area contributed by atoms with Gasteiger partial charge in [-0.3, -0.25) is 9.59 Å². The first-order valence-electron chi connectivity index (χ1n) is 7.98. The first kappa shape index (κ1) is 16.6. The topological polar surface area (TPSA) is 83.4 Å². The summed E-state index contributed by atoms with van der Waals surface area (Å²) in [7, 11) is 0. The van der Waals surface area contributed by atoms with Crippen molar-refractivity contribution >= 4 is 23.4 Å². The molecule has 7 heteroatoms. The minimum atomic E-state index is -0.919. The number of amides is 1. The number of carboxylic acid groups (broad SMARTS) is 1. The first-order chi connectivity index (χ1) is 11.6. The summed E-state index contributed by atoms with van der Waals surface area (Å²) in [5, 5.41) is 13.8. The van der Waals surface area contributed by atoms with E-state index in [1.807, 2.05) is 37.3 Å². The lowest BCUT2D eigenvalue weighted by molar-refractivity contribution is -0.145. The molecule has 0 bridgehead atoms. The minimum absolute atomic E-state index is 0.0890. The number of hydrogen-bond acceptors (Lipinski definition) is 5. The van der Waals surface area contributed by atoms with E-state index in [0.29, 0.717) is 42.9 Å². The molecule has 2 aromatic rings. The molecule has 1 aromatic carbocycles. The molecular formula is C17H19N3O3S. The van der Waals surface area contributed by atoms with Crippen LogP contribution in [-0.4, -0.2) is 44.6 Å². The predicted molar refractivity (Wildman–Crippen MR) is 90.2 cm³/mol. The van der Waals surface area contributed by atoms with Crippen LogP contribution in [0.2, 0.25) is 0 Å². The molecule has 1 saturated heterocycles. The van der Waals surface area contributed by atoms with Gasteiger partial charge in [0.2, 0.25) is 0 Å². The first-order valence-corrected chi connectivity index (χ1v) is 8.75. The molecule has 24 heavy (non-hydrogen) atoms. The van der Waals surface area contributed by atoms with Gasteiger partial charge in [-0.2, -0.15) is 0 Å². The summed E-state index contributed by atoms with van der Waals surface area (Å²) in [5.74, 6) is -0.914. The number of aryl methyl sites for hydroxylation is 1. The molecule has 0 radical (unpaired) electrons. The Kier molecular flexibility index (Phi) is 4.62. The number of nitrogens with zero attached hydrogens (tertiary/aromatic N) is 3. The maximum absolute atomic E-state index is 12.7. The summed E-state index contributed by atoms with van der Waals surface area (Å²) in [4.78, 5) is 26.9. The summed E-state index contributed by atoms with van der Waals surface area (Å²) in [6, 6.07) is 9.30. The maximum Gasteiger partial charge on any atom is 0.314 e. The number of carbonyl (C=O) groups excluding carboxylic acids is 1. The highest BCUT2D eigenvalue weighted by molar-refractivity contribution is 7.08. The van der Waals surface area contributed by atoms with E-state index < -0.39 is 11.4 Å². The van der Waals surface area contributed by atoms with E-state index in [1.54, 1.807) is 4.90 Å². The fourth-order valence-corrected chi connectivity index (χ4v) is 3.94. The fourth-order valence-electron chi connectivity index (χ4n) is 3.22. The summed E-state index contributed by atoms with van der Waals surface area (Å²) < 4.78 is 3.86. The minimum Gasteiger partial charge on any atom is -0.481 e. The lowest BCUT2D eigenvalue weighted by Gasteiger charge is -2.39. The molecule has 0 spiro atoms. The number of benzene rings is 1. The maximum atomic E-state index is 12.7. The molecular weight excluding hydrogens is 326 g/mol. The van der Waals surface area contributed by atoms with Gasteiger partial charge in [0.25, 0.3) is 5.91 Å². The molecule has 0 aliphatic carbocycles. The number of aliphatic carboxylic acids is 1. The summed E-state index contributed by atoms with van der Waals surface area (Å²) in [6.07, 6.45) is 1.48. The van der Waals surface area contributed by atoms with Crippen LogP contribution in [0.25, 0.3) is 0 Å². The van der Waals surface area contributed by atoms with Gasteiger partial charge in [-0.05, 0) is 36.4 Å². The lowest BCUT2D eigenvalue weighted by atomic mass is 9.73. The Morgan fingerprint density at radius 2 is 1.92 bits per heavy atom. The Morgan fingerprint density at radius 3 is 2.50 bits per heavy atom. The van der Waals surface area contributed by atoms with Crippen LogP contribution in [0.4, 0.5) is 0 Å². The second kappa shape index (κ2) is 6.68. The summed E-state index contributed by atoms with van der Waals surface area (Å²) in [5.41, 5.74) is 0.596. The Hall–Kier alpha value is -2.28. The third-order valence-corrected chi connectivity index (χ3v) is 5.48. The van der Waals surface area contributed by atoms with Crippen molar-refractivity contribution in [1.82, 2.24) is 14.5 Å². The summed E-state index contributed by atoms with van der Waals surface area (Å²) >= 11 is 1.11. The zero-order valence-electron chi connectivity index (χ0n) is 13.4. The number of piperidine rings is 1. The SMILES string of the molecule is CCc1nnsc1C(=O)N1CCC(C(=O)O)(c2ccccc2)CC1. The van der Waals surface area contributed by atoms with Crippen LogP contribution in [0.1, 0.15) is 40.7 Å². The van der Waals surface area contributed by atoms with Crippen LogP contribution in [-0.2, 0) is 16.6 Å². The third kappa shape index (κ3) is 2.80. The molecule has 0 saturated carbocycles. The van der Waals surface area contributed by atoms with Crippen molar-refractivity contribution in [2.24, 2.45) is 0 Å². The van der Waals surface area contributed by atoms with Gasteiger partial charge in [0, 0.05) is 13.1 Å². The molecule has 126 valence electrons. The quantitative estimate of drug-likeness (QED) is 0.920. The average Bonchev–Trinajstić information content (AvgIpc) is 3.10. The number of rotatable bonds is 4. The van der Waals surface area contributed by atoms with Crippen molar-refractivity contribution in [2.45, 2.75) is 31.6 Å². The Labute approximate surface area is 144 Å². The van der Waals surface area contributed by atoms with Gasteiger partial charge in [0.1, 0.15) is 4.88 Å². The van der Waals surface area contributed by atoms with E-state index in [9.17, 15) is 14.7 Å². The van der Waals surface area contributed by atoms with Crippen LogP contribution in [0, 0.1) is 0 Å². The second-order valence-electron chi connectivity index (χ2n) is 5.95. The Bertz CT molecular complexity index is 737. The van der Waals surface area contributed by atoms with E-state index in [0.717, 1.165) is 17.1 Å². The van der Waals surface area contributed by atoms with Crippen molar-refractivity contribution in [2.75, 3.05) is 13.1 Å². The molecule has 1 fully saturated rings. The van der Waals surface area contributed by atoms with Gasteiger partial charge >= 0.3 is 5.97 Å². The molecule has 6 nitrogen and oxygen atoms in total. The van der Waals surface area contributed by atoms with Crippen molar-refractivity contribution in [1.29, 1.82) is 0 Å². The van der Waals surface area contributed by atoms with Crippen LogP contribution in [0.15, 0.2) is 30.3 Å². The molecule has 0 unspecified atom stereocenters. The van der Waals surface area contributed by atoms with Gasteiger partial charge in [-0.15, -0.1) is 5.10 Å². The molecule has 1 aliphatic rings. The fraction of sp³-hybridized carbons (Fsp3) is 0.412. The van der Waals surface area contributed by atoms with E-state index in [4.69, 9.17) is 0 Å². The predicted octanol–water partition coefficient (Wildman–Crippen LogP) is 2.36. The molecule has 3 rings (SSSR count). The van der Waals surface area contributed by atoms with Gasteiger partial charge in [-0.25, -0.2) is 0 Å². The Balaban J connectivity index is 1.79. The standard InChI is InChI=1S/C17H19N3O3S/c1-2-13-14(24-19-18-13)15(21)20-10-8-17(9-11-20,16(22)23)12-6-4-3-5-7-12/h3-7H,2,8-11H2,1H3,(H,22,23). The van der Waals surface area contributed by atoms with Gasteiger partial charge in [0.15, 0.2) is 0 Å². The highest BCUT2D eigenvalue weighted by atomic mass is 32.1. The number of hydrogen-bond donors (Lipinski definition) is 1. The third-order valence-electron chi connectivity index (χ3n) is 4.72. The largest absolute Gasteiger partial charge is 0.481 e. The summed E-state index contributed by atoms with van der Waals surface area (Å²) in [6.45, 7) is 2.77. The van der Waals surface area contributed by atoms with Crippen LogP contribution in [0.3, 0.4) is 0 Å². The van der Waals surface area contributed by atoms with Crippen LogP contribution < -0.4 is 0 Å². The van der Waals surface area contributed by atoms with Gasteiger partial charge < -0.3 is 10.0 Å². The highest BCUT2D eigenvalue weighted by Crippen LogP contribution is 2.36. The van der Waals surface area contributed by atoms with Gasteiger partial charge in [-0.1, -0.05) is 41.7 Å². The lowest BCUT2D eigenvalue weighted by Crippen LogP contribution is -2.49. The normalized spacial score (nSPS) is 16.8. The van der Waals surface area contributed by atoms with E-state index in [2.05, 4.69) is 9.59 Å². The zero-order valence-corrected chi connectivity index (χ0v) is 14.3. The van der Waals surface area contributed by atoms with Crippen molar-refractivity contribution < 1.29 is 14.7 Å². The average molecular weight is 345 g/mol. The molecule has 1 amide bonds. The molecule has 0 atom stereocenters. The molecule has 2 heterocycles. The number of likely N-dealkylation sites (tertiary alicyclic amines) is 1. The Morgan fingerprint density at radius 1 is 1.25 bits per heavy atom. The number of aromatic nitrogens is 2. The smallest absolute Gasteiger partial charge is 0.314 e. The molecule has 1 aromatic heterocycles. The van der Waals surface area contributed by atoms with Crippen molar-refractivity contribution in [3.63, 3.8) is 0 Å². The number of carbonyl (C=O) groups is 2.